The van der Waals surface area contributed by atoms with Crippen molar-refractivity contribution in [2.45, 2.75) is 21.1 Å². The molecule has 1 aliphatic carbocycles. The number of sulfonamides is 1. The Hall–Kier alpha value is -3.69. The van der Waals surface area contributed by atoms with Crippen LogP contribution in [0.4, 0.5) is 14.5 Å². The molecule has 1 N–H and O–H groups in total. The van der Waals surface area contributed by atoms with Crippen LogP contribution in [0.1, 0.15) is 11.1 Å². The first-order valence-electron chi connectivity index (χ1n) is 10.9. The number of nitrogens with one attached hydrogen (secondary N) is 1. The van der Waals surface area contributed by atoms with Gasteiger partial charge in [0.1, 0.15) is 17.4 Å². The molecule has 3 aromatic carbocycles. The van der Waals surface area contributed by atoms with Gasteiger partial charge < -0.3 is 4.74 Å². The van der Waals surface area contributed by atoms with Crippen molar-refractivity contribution in [1.29, 1.82) is 0 Å². The maximum atomic E-state index is 14.4. The number of ether oxygens (including phenoxy) is 1. The average molecular weight is 523 g/mol. The van der Waals surface area contributed by atoms with E-state index in [2.05, 4.69) is 9.71 Å². The zero-order valence-corrected chi connectivity index (χ0v) is 20.7. The third kappa shape index (κ3) is 4.47. The van der Waals surface area contributed by atoms with E-state index in [4.69, 9.17) is 4.74 Å². The smallest absolute Gasteiger partial charge is 0.267 e. The lowest BCUT2D eigenvalue weighted by atomic mass is 10.0. The number of anilines is 1. The second-order valence-electron chi connectivity index (χ2n) is 7.93. The van der Waals surface area contributed by atoms with Crippen molar-refractivity contribution < 1.29 is 21.9 Å². The van der Waals surface area contributed by atoms with Crippen molar-refractivity contribution >= 4 is 44.5 Å². The molecule has 1 aliphatic rings. The van der Waals surface area contributed by atoms with Crippen LogP contribution >= 0.6 is 11.8 Å². The maximum absolute atomic E-state index is 14.4. The molecule has 182 valence electrons. The molecule has 5 nitrogen and oxygen atoms in total. The number of rotatable bonds is 6. The Balaban J connectivity index is 1.67. The highest BCUT2D eigenvalue weighted by molar-refractivity contribution is 7.99. The fraction of sp³-hybridized carbons (Fsp3) is 0.0741. The fourth-order valence-corrected chi connectivity index (χ4v) is 6.45. The molecule has 0 amide bonds. The van der Waals surface area contributed by atoms with Gasteiger partial charge in [0, 0.05) is 27.6 Å². The summed E-state index contributed by atoms with van der Waals surface area (Å²) in [6.45, 7) is 0. The van der Waals surface area contributed by atoms with E-state index in [0.717, 1.165) is 39.6 Å². The number of hydrogen-bond acceptors (Lipinski definition) is 5. The van der Waals surface area contributed by atoms with Crippen LogP contribution in [0, 0.1) is 11.6 Å². The Labute approximate surface area is 211 Å². The summed E-state index contributed by atoms with van der Waals surface area (Å²) in [5.74, 6) is -1.76. The van der Waals surface area contributed by atoms with Crippen LogP contribution in [0.15, 0.2) is 93.7 Å². The topological polar surface area (TPSA) is 68.3 Å². The lowest BCUT2D eigenvalue weighted by molar-refractivity contribution is 0.400. The molecule has 0 saturated heterocycles. The highest BCUT2D eigenvalue weighted by Crippen LogP contribution is 2.45. The third-order valence-electron chi connectivity index (χ3n) is 5.67. The van der Waals surface area contributed by atoms with Crippen LogP contribution in [-0.4, -0.2) is 20.5 Å². The van der Waals surface area contributed by atoms with Gasteiger partial charge in [0.05, 0.1) is 23.2 Å². The normalized spacial score (nSPS) is 12.9. The molecule has 0 fully saturated rings. The first kappa shape index (κ1) is 24.0. The van der Waals surface area contributed by atoms with Gasteiger partial charge in [-0.3, -0.25) is 9.71 Å². The van der Waals surface area contributed by atoms with Crippen LogP contribution in [-0.2, 0) is 16.4 Å². The predicted molar refractivity (Wildman–Crippen MR) is 138 cm³/mol. The van der Waals surface area contributed by atoms with E-state index in [1.165, 1.54) is 11.8 Å². The number of nitrogens with zero attached hydrogens (tertiary/aromatic N) is 1. The Morgan fingerprint density at radius 3 is 2.53 bits per heavy atom. The van der Waals surface area contributed by atoms with Gasteiger partial charge in [0.2, 0.25) is 0 Å². The minimum atomic E-state index is -4.58. The average Bonchev–Trinajstić information content (AvgIpc) is 3.10. The SMILES string of the molecule is COc1c(Sc2cccc3cccnc23)cc(NS(=O)(=O)c2c(F)cccc2F)c2c1CC=CC=C2. The number of methoxy groups -OCH3 is 1. The lowest BCUT2D eigenvalue weighted by Crippen LogP contribution is -2.17. The summed E-state index contributed by atoms with van der Waals surface area (Å²) >= 11 is 1.37. The number of fused-ring (bicyclic) bond motifs is 2. The van der Waals surface area contributed by atoms with Gasteiger partial charge in [0.15, 0.2) is 4.90 Å². The monoisotopic (exact) mass is 522 g/mol. The number of aromatic nitrogens is 1. The fourth-order valence-electron chi connectivity index (χ4n) is 4.11. The summed E-state index contributed by atoms with van der Waals surface area (Å²) in [7, 11) is -3.03. The minimum Gasteiger partial charge on any atom is -0.495 e. The lowest BCUT2D eigenvalue weighted by Gasteiger charge is -2.20. The molecule has 0 saturated carbocycles. The summed E-state index contributed by atoms with van der Waals surface area (Å²) in [4.78, 5) is 4.94. The van der Waals surface area contributed by atoms with Crippen LogP contribution in [0.3, 0.4) is 0 Å². The second-order valence-corrected chi connectivity index (χ2v) is 10.6. The van der Waals surface area contributed by atoms with Gasteiger partial charge in [-0.1, -0.05) is 60.3 Å². The van der Waals surface area contributed by atoms with Gasteiger partial charge in [-0.05, 0) is 36.8 Å². The van der Waals surface area contributed by atoms with Crippen molar-refractivity contribution in [3.63, 3.8) is 0 Å². The van der Waals surface area contributed by atoms with E-state index in [0.29, 0.717) is 22.6 Å². The second kappa shape index (κ2) is 9.75. The molecule has 1 aromatic heterocycles. The van der Waals surface area contributed by atoms with Crippen molar-refractivity contribution in [2.75, 3.05) is 11.8 Å². The van der Waals surface area contributed by atoms with Crippen LogP contribution in [0.5, 0.6) is 5.75 Å². The summed E-state index contributed by atoms with van der Waals surface area (Å²) in [6, 6.07) is 14.2. The van der Waals surface area contributed by atoms with Gasteiger partial charge in [-0.25, -0.2) is 17.2 Å². The molecule has 0 atom stereocenters. The Bertz CT molecular complexity index is 1630. The largest absolute Gasteiger partial charge is 0.495 e. The van der Waals surface area contributed by atoms with Crippen molar-refractivity contribution in [2.24, 2.45) is 0 Å². The van der Waals surface area contributed by atoms with E-state index >= 15 is 0 Å². The molecular formula is C27H20F2N2O3S2. The molecule has 36 heavy (non-hydrogen) atoms. The quantitative estimate of drug-likeness (QED) is 0.309. The highest BCUT2D eigenvalue weighted by atomic mass is 32.2. The standard InChI is InChI=1S/C27H20F2N2O3S2/c1-34-26-19-11-4-2-3-10-18(19)22(31-36(32,33)27-20(28)12-6-13-21(27)29)16-24(26)35-23-14-5-8-17-9-7-15-30-25(17)23/h2-10,12-16,31H,11H2,1H3. The van der Waals surface area contributed by atoms with Gasteiger partial charge >= 0.3 is 0 Å². The van der Waals surface area contributed by atoms with Crippen molar-refractivity contribution in [3.05, 3.63) is 102 Å². The molecule has 0 bridgehead atoms. The minimum absolute atomic E-state index is 0.184. The molecular weight excluding hydrogens is 502 g/mol. The Morgan fingerprint density at radius 2 is 1.75 bits per heavy atom. The zero-order chi connectivity index (χ0) is 25.3. The summed E-state index contributed by atoms with van der Waals surface area (Å²) < 4.78 is 63.2. The van der Waals surface area contributed by atoms with Crippen molar-refractivity contribution in [3.8, 4) is 5.75 Å². The first-order chi connectivity index (χ1) is 17.4. The van der Waals surface area contributed by atoms with Gasteiger partial charge in [0.25, 0.3) is 10.0 Å². The summed E-state index contributed by atoms with van der Waals surface area (Å²) in [5.41, 5.74) is 2.27. The van der Waals surface area contributed by atoms with Gasteiger partial charge in [-0.2, -0.15) is 0 Å². The number of hydrogen-bond donors (Lipinski definition) is 1. The molecule has 0 aliphatic heterocycles. The Morgan fingerprint density at radius 1 is 1.00 bits per heavy atom. The van der Waals surface area contributed by atoms with E-state index in [1.54, 1.807) is 31.5 Å². The zero-order valence-electron chi connectivity index (χ0n) is 19.0. The maximum Gasteiger partial charge on any atom is 0.267 e. The number of pyridine rings is 1. The predicted octanol–water partition coefficient (Wildman–Crippen LogP) is 6.60. The molecule has 0 radical (unpaired) electrons. The number of allylic oxidation sites excluding steroid dienone is 3. The molecule has 0 spiro atoms. The first-order valence-corrected chi connectivity index (χ1v) is 13.2. The number of benzene rings is 3. The van der Waals surface area contributed by atoms with Crippen LogP contribution in [0.2, 0.25) is 0 Å². The van der Waals surface area contributed by atoms with Crippen molar-refractivity contribution in [1.82, 2.24) is 4.98 Å². The molecule has 1 heterocycles. The third-order valence-corrected chi connectivity index (χ3v) is 8.16. The van der Waals surface area contributed by atoms with E-state index < -0.39 is 26.6 Å². The number of halogens is 2. The molecule has 4 aromatic rings. The molecule has 0 unspecified atom stereocenters. The van der Waals surface area contributed by atoms with E-state index in [-0.39, 0.29) is 5.69 Å². The van der Waals surface area contributed by atoms with Crippen LogP contribution in [0.25, 0.3) is 17.0 Å². The molecule has 5 rings (SSSR count). The Kier molecular flexibility index (Phi) is 6.51. The highest BCUT2D eigenvalue weighted by Gasteiger charge is 2.27. The van der Waals surface area contributed by atoms with E-state index in [1.807, 2.05) is 42.5 Å². The number of para-hydroxylation sites is 1. The van der Waals surface area contributed by atoms with Crippen LogP contribution < -0.4 is 9.46 Å². The summed E-state index contributed by atoms with van der Waals surface area (Å²) in [6.07, 6.45) is 9.46. The summed E-state index contributed by atoms with van der Waals surface area (Å²) in [5, 5.41) is 0.957. The van der Waals surface area contributed by atoms with Gasteiger partial charge in [-0.15, -0.1) is 0 Å². The molecule has 9 heteroatoms. The van der Waals surface area contributed by atoms with E-state index in [9.17, 15) is 17.2 Å².